The van der Waals surface area contributed by atoms with Crippen molar-refractivity contribution in [3.63, 3.8) is 0 Å². The smallest absolute Gasteiger partial charge is 0.336 e. The van der Waals surface area contributed by atoms with Gasteiger partial charge in [0.05, 0.1) is 24.0 Å². The topological polar surface area (TPSA) is 107 Å². The highest BCUT2D eigenvalue weighted by Gasteiger charge is 2.16. The Bertz CT molecular complexity index is 516. The first-order chi connectivity index (χ1) is 8.95. The number of hydrogen-bond acceptors (Lipinski definition) is 6. The third-order valence-corrected chi connectivity index (χ3v) is 3.25. The van der Waals surface area contributed by atoms with Crippen molar-refractivity contribution < 1.29 is 24.4 Å². The number of nitrogens with zero attached hydrogens (tertiary/aromatic N) is 1. The van der Waals surface area contributed by atoms with Crippen LogP contribution in [-0.4, -0.2) is 34.8 Å². The van der Waals surface area contributed by atoms with Crippen molar-refractivity contribution in [2.75, 3.05) is 12.9 Å². The molecule has 0 atom stereocenters. The highest BCUT2D eigenvalue weighted by atomic mass is 32.2. The number of carbonyl (C=O) groups excluding carboxylic acids is 1. The van der Waals surface area contributed by atoms with Crippen molar-refractivity contribution in [1.82, 2.24) is 0 Å². The van der Waals surface area contributed by atoms with Crippen LogP contribution in [0.4, 0.5) is 5.69 Å². The number of benzene rings is 1. The number of rotatable bonds is 6. The molecular weight excluding hydrogens is 274 g/mol. The third-order valence-electron chi connectivity index (χ3n) is 2.20. The first kappa shape index (κ1) is 15.0. The van der Waals surface area contributed by atoms with E-state index in [4.69, 9.17) is 5.11 Å². The second kappa shape index (κ2) is 6.74. The lowest BCUT2D eigenvalue weighted by molar-refractivity contribution is -0.385. The summed E-state index contributed by atoms with van der Waals surface area (Å²) in [5, 5.41) is 19.6. The zero-order valence-electron chi connectivity index (χ0n) is 9.99. The van der Waals surface area contributed by atoms with E-state index in [1.165, 1.54) is 19.2 Å². The first-order valence-corrected chi connectivity index (χ1v) is 6.15. The SMILES string of the molecule is COC(=O)CCSc1cc([N+](=O)[O-])ccc1C(=O)O. The van der Waals surface area contributed by atoms with Crippen LogP contribution in [0, 0.1) is 10.1 Å². The number of carboxylic acid groups (broad SMARTS) is 1. The molecule has 1 aromatic rings. The molecule has 0 bridgehead atoms. The number of nitro benzene ring substituents is 1. The molecule has 1 rings (SSSR count). The zero-order valence-corrected chi connectivity index (χ0v) is 10.8. The molecule has 0 aliphatic rings. The number of carboxylic acids is 1. The summed E-state index contributed by atoms with van der Waals surface area (Å²) in [5.41, 5.74) is -0.217. The van der Waals surface area contributed by atoms with Gasteiger partial charge in [-0.1, -0.05) is 0 Å². The summed E-state index contributed by atoms with van der Waals surface area (Å²) in [6.07, 6.45) is 0.100. The van der Waals surface area contributed by atoms with E-state index in [0.29, 0.717) is 0 Å². The fourth-order valence-corrected chi connectivity index (χ4v) is 2.27. The van der Waals surface area contributed by atoms with Gasteiger partial charge >= 0.3 is 11.9 Å². The molecule has 0 saturated carbocycles. The van der Waals surface area contributed by atoms with Gasteiger partial charge in [0.2, 0.25) is 0 Å². The third kappa shape index (κ3) is 4.25. The molecule has 0 aliphatic carbocycles. The highest BCUT2D eigenvalue weighted by molar-refractivity contribution is 7.99. The van der Waals surface area contributed by atoms with E-state index in [1.807, 2.05) is 0 Å². The number of hydrogen-bond donors (Lipinski definition) is 1. The fraction of sp³-hybridized carbons (Fsp3) is 0.273. The molecule has 0 aliphatic heterocycles. The Morgan fingerprint density at radius 3 is 2.68 bits per heavy atom. The molecule has 8 heteroatoms. The van der Waals surface area contributed by atoms with Gasteiger partial charge in [0.1, 0.15) is 0 Å². The number of aromatic carboxylic acids is 1. The lowest BCUT2D eigenvalue weighted by Gasteiger charge is -2.05. The summed E-state index contributed by atoms with van der Waals surface area (Å²) in [6.45, 7) is 0. The maximum atomic E-state index is 11.0. The minimum Gasteiger partial charge on any atom is -0.478 e. The second-order valence-electron chi connectivity index (χ2n) is 3.42. The van der Waals surface area contributed by atoms with E-state index in [9.17, 15) is 19.7 Å². The van der Waals surface area contributed by atoms with Crippen molar-refractivity contribution in [3.8, 4) is 0 Å². The number of esters is 1. The van der Waals surface area contributed by atoms with Crippen molar-refractivity contribution >= 4 is 29.4 Å². The van der Waals surface area contributed by atoms with Gasteiger partial charge in [0.25, 0.3) is 5.69 Å². The molecule has 0 radical (unpaired) electrons. The molecule has 0 spiro atoms. The fourth-order valence-electron chi connectivity index (χ4n) is 1.27. The van der Waals surface area contributed by atoms with Crippen LogP contribution >= 0.6 is 11.8 Å². The van der Waals surface area contributed by atoms with E-state index in [-0.39, 0.29) is 28.3 Å². The Balaban J connectivity index is 2.88. The molecule has 0 heterocycles. The minimum atomic E-state index is -1.17. The molecule has 1 N–H and O–H groups in total. The number of methoxy groups -OCH3 is 1. The molecule has 0 fully saturated rings. The quantitative estimate of drug-likeness (QED) is 0.368. The van der Waals surface area contributed by atoms with E-state index >= 15 is 0 Å². The van der Waals surface area contributed by atoms with Crippen LogP contribution in [0.2, 0.25) is 0 Å². The first-order valence-electron chi connectivity index (χ1n) is 5.17. The predicted octanol–water partition coefficient (Wildman–Crippen LogP) is 1.95. The Morgan fingerprint density at radius 1 is 1.47 bits per heavy atom. The number of carbonyl (C=O) groups is 2. The molecule has 0 amide bonds. The minimum absolute atomic E-state index is 0.0273. The molecule has 7 nitrogen and oxygen atoms in total. The molecule has 19 heavy (non-hydrogen) atoms. The Morgan fingerprint density at radius 2 is 2.16 bits per heavy atom. The number of nitro groups is 1. The average Bonchev–Trinajstić information content (AvgIpc) is 2.37. The maximum Gasteiger partial charge on any atom is 0.336 e. The van der Waals surface area contributed by atoms with Crippen LogP contribution < -0.4 is 0 Å². The molecule has 0 aromatic heterocycles. The summed E-state index contributed by atoms with van der Waals surface area (Å²) in [4.78, 5) is 32.2. The standard InChI is InChI=1S/C11H11NO6S/c1-18-10(13)4-5-19-9-6-7(12(16)17)2-3-8(9)11(14)15/h2-3,6H,4-5H2,1H3,(H,14,15). The molecule has 0 unspecified atom stereocenters. The van der Waals surface area contributed by atoms with Gasteiger partial charge in [-0.3, -0.25) is 14.9 Å². The van der Waals surface area contributed by atoms with Crippen molar-refractivity contribution in [3.05, 3.63) is 33.9 Å². The van der Waals surface area contributed by atoms with Crippen LogP contribution in [0.5, 0.6) is 0 Å². The molecule has 102 valence electrons. The summed E-state index contributed by atoms with van der Waals surface area (Å²) >= 11 is 1.06. The predicted molar refractivity (Wildman–Crippen MR) is 67.4 cm³/mol. The van der Waals surface area contributed by atoms with Gasteiger partial charge in [-0.05, 0) is 6.07 Å². The Labute approximate surface area is 112 Å². The zero-order chi connectivity index (χ0) is 14.4. The Kier molecular flexibility index (Phi) is 5.31. The monoisotopic (exact) mass is 285 g/mol. The van der Waals surface area contributed by atoms with Gasteiger partial charge in [0.15, 0.2) is 0 Å². The average molecular weight is 285 g/mol. The second-order valence-corrected chi connectivity index (χ2v) is 4.55. The number of ether oxygens (including phenoxy) is 1. The van der Waals surface area contributed by atoms with Crippen LogP contribution in [0.15, 0.2) is 23.1 Å². The van der Waals surface area contributed by atoms with Crippen LogP contribution in [0.1, 0.15) is 16.8 Å². The molecule has 1 aromatic carbocycles. The van der Waals surface area contributed by atoms with E-state index in [2.05, 4.69) is 4.74 Å². The molecular formula is C11H11NO6S. The largest absolute Gasteiger partial charge is 0.478 e. The number of thioether (sulfide) groups is 1. The highest BCUT2D eigenvalue weighted by Crippen LogP contribution is 2.28. The van der Waals surface area contributed by atoms with Gasteiger partial charge in [-0.25, -0.2) is 4.79 Å². The number of non-ortho nitro benzene ring substituents is 1. The van der Waals surface area contributed by atoms with E-state index < -0.39 is 16.9 Å². The van der Waals surface area contributed by atoms with E-state index in [0.717, 1.165) is 17.8 Å². The summed E-state index contributed by atoms with van der Waals surface area (Å²) in [6, 6.07) is 3.50. The van der Waals surface area contributed by atoms with Crippen molar-refractivity contribution in [1.29, 1.82) is 0 Å². The van der Waals surface area contributed by atoms with E-state index in [1.54, 1.807) is 0 Å². The Hall–Kier alpha value is -2.09. The summed E-state index contributed by atoms with van der Waals surface area (Å²) < 4.78 is 4.45. The molecule has 0 saturated heterocycles. The van der Waals surface area contributed by atoms with Crippen LogP contribution in [0.3, 0.4) is 0 Å². The maximum absolute atomic E-state index is 11.0. The lowest BCUT2D eigenvalue weighted by Crippen LogP contribution is -2.03. The summed E-state index contributed by atoms with van der Waals surface area (Å²) in [5.74, 6) is -1.31. The van der Waals surface area contributed by atoms with Gasteiger partial charge in [-0.15, -0.1) is 11.8 Å². The summed E-state index contributed by atoms with van der Waals surface area (Å²) in [7, 11) is 1.25. The van der Waals surface area contributed by atoms with Crippen molar-refractivity contribution in [2.45, 2.75) is 11.3 Å². The lowest BCUT2D eigenvalue weighted by atomic mass is 10.2. The van der Waals surface area contributed by atoms with Gasteiger partial charge in [0, 0.05) is 22.8 Å². The van der Waals surface area contributed by atoms with Gasteiger partial charge in [-0.2, -0.15) is 0 Å². The van der Waals surface area contributed by atoms with Gasteiger partial charge < -0.3 is 9.84 Å². The van der Waals surface area contributed by atoms with Crippen LogP contribution in [0.25, 0.3) is 0 Å². The normalized spacial score (nSPS) is 9.95. The van der Waals surface area contributed by atoms with Crippen molar-refractivity contribution in [2.24, 2.45) is 0 Å². The van der Waals surface area contributed by atoms with Crippen LogP contribution in [-0.2, 0) is 9.53 Å².